The quantitative estimate of drug-likeness (QED) is 0.904. The van der Waals surface area contributed by atoms with Crippen LogP contribution in [0.25, 0.3) is 0 Å². The second kappa shape index (κ2) is 7.17. The molecule has 0 saturated heterocycles. The number of aromatic nitrogens is 2. The second-order valence-electron chi connectivity index (χ2n) is 6.29. The number of nitrogens with zero attached hydrogens (tertiary/aromatic N) is 3. The molecule has 0 aliphatic carbocycles. The fraction of sp³-hybridized carbons (Fsp3) is 0.529. The minimum Gasteiger partial charge on any atom is -0.357 e. The first-order chi connectivity index (χ1) is 10.8. The number of rotatable bonds is 5. The Morgan fingerprint density at radius 2 is 2.13 bits per heavy atom. The minimum atomic E-state index is -0.0692. The zero-order valence-corrected chi connectivity index (χ0v) is 15.6. The molecule has 0 aliphatic heterocycles. The molecule has 1 atom stereocenters. The van der Waals surface area contributed by atoms with Gasteiger partial charge in [0.2, 0.25) is 0 Å². The third kappa shape index (κ3) is 4.13. The van der Waals surface area contributed by atoms with E-state index >= 15 is 0 Å². The lowest BCUT2D eigenvalue weighted by molar-refractivity contribution is 0.194. The van der Waals surface area contributed by atoms with Crippen molar-refractivity contribution in [3.63, 3.8) is 0 Å². The Balaban J connectivity index is 2.00. The number of nitrogens with one attached hydrogen (secondary N) is 1. The maximum Gasteiger partial charge on any atom is 0.317 e. The van der Waals surface area contributed by atoms with E-state index in [1.54, 1.807) is 16.2 Å². The fourth-order valence-electron chi connectivity index (χ4n) is 2.38. The minimum absolute atomic E-state index is 0.00998. The first-order valence-corrected chi connectivity index (χ1v) is 8.70. The number of carbonyl (C=O) groups excluding carboxylic acids is 1. The molecule has 2 rings (SSSR count). The highest BCUT2D eigenvalue weighted by molar-refractivity contribution is 7.11. The van der Waals surface area contributed by atoms with Crippen LogP contribution < -0.4 is 5.32 Å². The third-order valence-electron chi connectivity index (χ3n) is 3.96. The van der Waals surface area contributed by atoms with Crippen LogP contribution >= 0.6 is 11.3 Å². The second-order valence-corrected chi connectivity index (χ2v) is 7.35. The van der Waals surface area contributed by atoms with Crippen molar-refractivity contribution in [1.82, 2.24) is 19.8 Å². The molecule has 2 amide bonds. The number of hydrogen-bond acceptors (Lipinski definition) is 3. The van der Waals surface area contributed by atoms with Crippen LogP contribution in [0.4, 0.5) is 4.79 Å². The van der Waals surface area contributed by atoms with Gasteiger partial charge in [-0.25, -0.2) is 9.78 Å². The number of thiazole rings is 1. The van der Waals surface area contributed by atoms with Gasteiger partial charge in [-0.2, -0.15) is 0 Å². The SMILES string of the molecule is Cc1nc(C(C)C)sc1C(C)N(C)C(=O)NCc1ccn(C)c1. The summed E-state index contributed by atoms with van der Waals surface area (Å²) >= 11 is 1.70. The molecule has 0 aliphatic rings. The zero-order valence-electron chi connectivity index (χ0n) is 14.8. The summed E-state index contributed by atoms with van der Waals surface area (Å²) in [6, 6.07) is 1.95. The Bertz CT molecular complexity index is 674. The lowest BCUT2D eigenvalue weighted by atomic mass is 10.2. The van der Waals surface area contributed by atoms with Crippen molar-refractivity contribution >= 4 is 17.4 Å². The molecule has 0 bridgehead atoms. The lowest BCUT2D eigenvalue weighted by Crippen LogP contribution is -2.38. The van der Waals surface area contributed by atoms with Crippen molar-refractivity contribution in [3.05, 3.63) is 39.6 Å². The van der Waals surface area contributed by atoms with Crippen LogP contribution in [0, 0.1) is 6.92 Å². The Hall–Kier alpha value is -1.82. The van der Waals surface area contributed by atoms with Gasteiger partial charge in [-0.3, -0.25) is 0 Å². The molecule has 2 heterocycles. The Morgan fingerprint density at radius 1 is 1.43 bits per heavy atom. The van der Waals surface area contributed by atoms with Gasteiger partial charge in [-0.05, 0) is 25.5 Å². The zero-order chi connectivity index (χ0) is 17.1. The van der Waals surface area contributed by atoms with Gasteiger partial charge < -0.3 is 14.8 Å². The maximum atomic E-state index is 12.4. The van der Waals surface area contributed by atoms with Crippen molar-refractivity contribution in [2.75, 3.05) is 7.05 Å². The first-order valence-electron chi connectivity index (χ1n) is 7.88. The van der Waals surface area contributed by atoms with Gasteiger partial charge in [-0.15, -0.1) is 11.3 Å². The van der Waals surface area contributed by atoms with Gasteiger partial charge in [0.05, 0.1) is 16.7 Å². The van der Waals surface area contributed by atoms with E-state index < -0.39 is 0 Å². The van der Waals surface area contributed by atoms with Crippen LogP contribution in [0.3, 0.4) is 0 Å². The number of amides is 2. The van der Waals surface area contributed by atoms with Crippen LogP contribution in [0.15, 0.2) is 18.5 Å². The van der Waals surface area contributed by atoms with E-state index in [1.165, 1.54) is 0 Å². The van der Waals surface area contributed by atoms with Crippen LogP contribution in [0.5, 0.6) is 0 Å². The molecule has 0 aromatic carbocycles. The van der Waals surface area contributed by atoms with Crippen molar-refractivity contribution in [1.29, 1.82) is 0 Å². The summed E-state index contributed by atoms with van der Waals surface area (Å²) in [5, 5.41) is 4.10. The van der Waals surface area contributed by atoms with Gasteiger partial charge in [0.25, 0.3) is 0 Å². The summed E-state index contributed by atoms with van der Waals surface area (Å²) in [4.78, 5) is 19.9. The van der Waals surface area contributed by atoms with E-state index in [0.717, 1.165) is 21.1 Å². The van der Waals surface area contributed by atoms with Crippen LogP contribution in [-0.4, -0.2) is 27.5 Å². The molecule has 0 fully saturated rings. The largest absolute Gasteiger partial charge is 0.357 e. The van der Waals surface area contributed by atoms with E-state index in [0.29, 0.717) is 12.5 Å². The van der Waals surface area contributed by atoms with Crippen LogP contribution in [0.2, 0.25) is 0 Å². The molecule has 0 saturated carbocycles. The molecule has 2 aromatic rings. The van der Waals surface area contributed by atoms with E-state index in [-0.39, 0.29) is 12.1 Å². The average Bonchev–Trinajstić information content (AvgIpc) is 3.09. The van der Waals surface area contributed by atoms with Gasteiger partial charge >= 0.3 is 6.03 Å². The topological polar surface area (TPSA) is 50.2 Å². The van der Waals surface area contributed by atoms with Crippen molar-refractivity contribution in [3.8, 4) is 0 Å². The highest BCUT2D eigenvalue weighted by Crippen LogP contribution is 2.31. The Kier molecular flexibility index (Phi) is 5.46. The molecular formula is C17H26N4OS. The number of hydrogen-bond donors (Lipinski definition) is 1. The molecular weight excluding hydrogens is 308 g/mol. The highest BCUT2D eigenvalue weighted by Gasteiger charge is 2.22. The molecule has 1 unspecified atom stereocenters. The molecule has 23 heavy (non-hydrogen) atoms. The monoisotopic (exact) mass is 334 g/mol. The summed E-state index contributed by atoms with van der Waals surface area (Å²) < 4.78 is 1.97. The van der Waals surface area contributed by atoms with Crippen LogP contribution in [0.1, 0.15) is 53.9 Å². The van der Waals surface area contributed by atoms with E-state index in [4.69, 9.17) is 0 Å². The Labute approximate surface area is 142 Å². The summed E-state index contributed by atoms with van der Waals surface area (Å²) in [6.45, 7) is 8.89. The smallest absolute Gasteiger partial charge is 0.317 e. The van der Waals surface area contributed by atoms with E-state index in [9.17, 15) is 4.79 Å². The molecule has 126 valence electrons. The number of aryl methyl sites for hydroxylation is 2. The highest BCUT2D eigenvalue weighted by atomic mass is 32.1. The van der Waals surface area contributed by atoms with Gasteiger partial charge in [0, 0.05) is 43.8 Å². The first kappa shape index (κ1) is 17.5. The summed E-state index contributed by atoms with van der Waals surface area (Å²) in [6.07, 6.45) is 3.98. The summed E-state index contributed by atoms with van der Waals surface area (Å²) in [7, 11) is 3.80. The third-order valence-corrected chi connectivity index (χ3v) is 5.59. The normalized spacial score (nSPS) is 12.5. The number of urea groups is 1. The van der Waals surface area contributed by atoms with Crippen molar-refractivity contribution in [2.45, 2.75) is 46.2 Å². The predicted molar refractivity (Wildman–Crippen MR) is 94.8 cm³/mol. The standard InChI is InChI=1S/C17H26N4OS/c1-11(2)16-19-12(3)15(23-16)13(4)21(6)17(22)18-9-14-7-8-20(5)10-14/h7-8,10-11,13H,9H2,1-6H3,(H,18,22). The number of carbonyl (C=O) groups is 1. The molecule has 2 aromatic heterocycles. The van der Waals surface area contributed by atoms with Crippen LogP contribution in [-0.2, 0) is 13.6 Å². The molecule has 5 nitrogen and oxygen atoms in total. The van der Waals surface area contributed by atoms with Gasteiger partial charge in [0.15, 0.2) is 0 Å². The molecule has 1 N–H and O–H groups in total. The summed E-state index contributed by atoms with van der Waals surface area (Å²) in [5.41, 5.74) is 2.12. The average molecular weight is 334 g/mol. The molecule has 0 spiro atoms. The van der Waals surface area contributed by atoms with Gasteiger partial charge in [-0.1, -0.05) is 13.8 Å². The van der Waals surface area contributed by atoms with Gasteiger partial charge in [0.1, 0.15) is 0 Å². The molecule has 6 heteroatoms. The predicted octanol–water partition coefficient (Wildman–Crippen LogP) is 3.82. The van der Waals surface area contributed by atoms with Crippen molar-refractivity contribution < 1.29 is 4.79 Å². The fourth-order valence-corrected chi connectivity index (χ4v) is 3.55. The Morgan fingerprint density at radius 3 is 2.65 bits per heavy atom. The lowest BCUT2D eigenvalue weighted by Gasteiger charge is -2.24. The van der Waals surface area contributed by atoms with Crippen molar-refractivity contribution in [2.24, 2.45) is 7.05 Å². The summed E-state index contributed by atoms with van der Waals surface area (Å²) in [5.74, 6) is 0.414. The van der Waals surface area contributed by atoms with E-state index in [1.807, 2.05) is 51.0 Å². The van der Waals surface area contributed by atoms with E-state index in [2.05, 4.69) is 24.1 Å². The molecule has 0 radical (unpaired) electrons. The maximum absolute atomic E-state index is 12.4.